The third-order valence-corrected chi connectivity index (χ3v) is 3.99. The molecule has 4 heteroatoms. The van der Waals surface area contributed by atoms with Gasteiger partial charge in [-0.2, -0.15) is 0 Å². The minimum atomic E-state index is 0.112. The van der Waals surface area contributed by atoms with E-state index >= 15 is 0 Å². The van der Waals surface area contributed by atoms with Crippen molar-refractivity contribution in [2.75, 3.05) is 13.2 Å². The van der Waals surface area contributed by atoms with E-state index in [2.05, 4.69) is 17.9 Å². The Morgan fingerprint density at radius 3 is 2.89 bits per heavy atom. The number of hydrogen-bond acceptors (Lipinski definition) is 3. The van der Waals surface area contributed by atoms with Crippen LogP contribution in [0.5, 0.6) is 0 Å². The molecule has 0 aromatic heterocycles. The molecular weight excluding hydrogens is 238 g/mol. The molecule has 0 amide bonds. The van der Waals surface area contributed by atoms with Crippen LogP contribution < -0.4 is 5.73 Å². The third-order valence-electron chi connectivity index (χ3n) is 3.99. The van der Waals surface area contributed by atoms with Gasteiger partial charge < -0.3 is 10.8 Å². The highest BCUT2D eigenvalue weighted by Gasteiger charge is 2.21. The van der Waals surface area contributed by atoms with E-state index in [1.807, 2.05) is 12.1 Å². The molecule has 104 valence electrons. The molecule has 1 fully saturated rings. The lowest BCUT2D eigenvalue weighted by atomic mass is 9.99. The quantitative estimate of drug-likeness (QED) is 0.569. The largest absolute Gasteiger partial charge is 0.395 e. The molecule has 1 aromatic carbocycles. The van der Waals surface area contributed by atoms with Crippen LogP contribution in [0.3, 0.4) is 0 Å². The van der Waals surface area contributed by atoms with Crippen LogP contribution in [-0.4, -0.2) is 35.0 Å². The predicted molar refractivity (Wildman–Crippen MR) is 77.3 cm³/mol. The van der Waals surface area contributed by atoms with Crippen molar-refractivity contribution in [2.24, 2.45) is 5.73 Å². The van der Waals surface area contributed by atoms with Crippen LogP contribution >= 0.6 is 0 Å². The Hall–Kier alpha value is -1.39. The van der Waals surface area contributed by atoms with Crippen molar-refractivity contribution in [3.05, 3.63) is 34.9 Å². The van der Waals surface area contributed by atoms with Crippen molar-refractivity contribution in [2.45, 2.75) is 38.8 Å². The van der Waals surface area contributed by atoms with Crippen LogP contribution in [0, 0.1) is 12.3 Å². The van der Waals surface area contributed by atoms with Crippen molar-refractivity contribution in [3.8, 4) is 0 Å². The maximum atomic E-state index is 9.44. The summed E-state index contributed by atoms with van der Waals surface area (Å²) in [5.41, 5.74) is 8.69. The van der Waals surface area contributed by atoms with Gasteiger partial charge in [0, 0.05) is 18.2 Å². The number of hydrogen-bond donors (Lipinski definition) is 3. The Labute approximate surface area is 114 Å². The first-order chi connectivity index (χ1) is 9.11. The fourth-order valence-corrected chi connectivity index (χ4v) is 2.73. The molecule has 2 rings (SSSR count). The van der Waals surface area contributed by atoms with Gasteiger partial charge in [0.05, 0.1) is 6.61 Å². The van der Waals surface area contributed by atoms with Gasteiger partial charge in [-0.3, -0.25) is 10.3 Å². The second-order valence-electron chi connectivity index (χ2n) is 5.36. The van der Waals surface area contributed by atoms with Gasteiger partial charge >= 0.3 is 0 Å². The van der Waals surface area contributed by atoms with Crippen molar-refractivity contribution in [1.29, 1.82) is 5.41 Å². The summed E-state index contributed by atoms with van der Waals surface area (Å²) in [5.74, 6) is 0.112. The number of nitrogens with zero attached hydrogens (tertiary/aromatic N) is 1. The highest BCUT2D eigenvalue weighted by molar-refractivity contribution is 5.95. The number of aliphatic hydroxyl groups excluding tert-OH is 1. The fraction of sp³-hybridized carbons (Fsp3) is 0.533. The van der Waals surface area contributed by atoms with Crippen LogP contribution in [-0.2, 0) is 6.54 Å². The van der Waals surface area contributed by atoms with Crippen molar-refractivity contribution < 1.29 is 5.11 Å². The van der Waals surface area contributed by atoms with Crippen molar-refractivity contribution in [3.63, 3.8) is 0 Å². The van der Waals surface area contributed by atoms with Gasteiger partial charge in [0.2, 0.25) is 0 Å². The summed E-state index contributed by atoms with van der Waals surface area (Å²) in [6, 6.07) is 6.22. The summed E-state index contributed by atoms with van der Waals surface area (Å²) < 4.78 is 0. The summed E-state index contributed by atoms with van der Waals surface area (Å²) in [4.78, 5) is 2.36. The number of aliphatic hydroxyl groups is 1. The Bertz CT molecular complexity index is 459. The molecule has 0 saturated carbocycles. The first-order valence-corrected chi connectivity index (χ1v) is 6.90. The number of nitrogens with one attached hydrogen (secondary N) is 1. The monoisotopic (exact) mass is 261 g/mol. The molecule has 0 spiro atoms. The molecule has 1 aromatic rings. The molecule has 4 nitrogen and oxygen atoms in total. The van der Waals surface area contributed by atoms with Gasteiger partial charge in [0.15, 0.2) is 0 Å². The normalized spacial score (nSPS) is 20.4. The number of rotatable bonds is 4. The average molecular weight is 261 g/mol. The Balaban J connectivity index is 2.11. The van der Waals surface area contributed by atoms with Crippen LogP contribution in [0.2, 0.25) is 0 Å². The molecule has 19 heavy (non-hydrogen) atoms. The lowest BCUT2D eigenvalue weighted by molar-refractivity contribution is 0.0840. The predicted octanol–water partition coefficient (Wildman–Crippen LogP) is 1.63. The van der Waals surface area contributed by atoms with Crippen LogP contribution in [0.25, 0.3) is 0 Å². The standard InChI is InChI=1S/C15H23N3O/c1-11-8-12(15(16)17)5-6-13(11)9-18-7-3-2-4-14(18)10-19/h5-6,8,14,19H,2-4,7,9-10H2,1H3,(H3,16,17). The highest BCUT2D eigenvalue weighted by atomic mass is 16.3. The number of benzene rings is 1. The molecule has 1 aliphatic rings. The van der Waals surface area contributed by atoms with Crippen LogP contribution in [0.4, 0.5) is 0 Å². The van der Waals surface area contributed by atoms with E-state index in [0.29, 0.717) is 6.04 Å². The number of aryl methyl sites for hydroxylation is 1. The Kier molecular flexibility index (Phi) is 4.56. The average Bonchev–Trinajstić information content (AvgIpc) is 2.41. The summed E-state index contributed by atoms with van der Waals surface area (Å²) in [7, 11) is 0. The van der Waals surface area contributed by atoms with Gasteiger partial charge in [-0.25, -0.2) is 0 Å². The van der Waals surface area contributed by atoms with Crippen LogP contribution in [0.15, 0.2) is 18.2 Å². The molecule has 0 aliphatic carbocycles. The molecule has 0 bridgehead atoms. The topological polar surface area (TPSA) is 73.3 Å². The van der Waals surface area contributed by atoms with E-state index in [-0.39, 0.29) is 12.4 Å². The van der Waals surface area contributed by atoms with E-state index < -0.39 is 0 Å². The Morgan fingerprint density at radius 1 is 1.47 bits per heavy atom. The zero-order valence-electron chi connectivity index (χ0n) is 11.5. The summed E-state index contributed by atoms with van der Waals surface area (Å²) in [5, 5.41) is 16.9. The van der Waals surface area contributed by atoms with E-state index in [9.17, 15) is 5.11 Å². The van der Waals surface area contributed by atoms with Crippen molar-refractivity contribution in [1.82, 2.24) is 4.90 Å². The fourth-order valence-electron chi connectivity index (χ4n) is 2.73. The highest BCUT2D eigenvalue weighted by Crippen LogP contribution is 2.21. The lowest BCUT2D eigenvalue weighted by Crippen LogP contribution is -2.41. The third kappa shape index (κ3) is 3.33. The van der Waals surface area contributed by atoms with E-state index in [0.717, 1.165) is 30.6 Å². The number of piperidine rings is 1. The number of likely N-dealkylation sites (tertiary alicyclic amines) is 1. The van der Waals surface area contributed by atoms with E-state index in [1.54, 1.807) is 0 Å². The minimum Gasteiger partial charge on any atom is -0.395 e. The zero-order chi connectivity index (χ0) is 13.8. The van der Waals surface area contributed by atoms with Gasteiger partial charge in [0.1, 0.15) is 5.84 Å². The van der Waals surface area contributed by atoms with Gasteiger partial charge in [-0.05, 0) is 43.5 Å². The van der Waals surface area contributed by atoms with Gasteiger partial charge in [0.25, 0.3) is 0 Å². The van der Waals surface area contributed by atoms with Gasteiger partial charge in [-0.15, -0.1) is 0 Å². The molecule has 4 N–H and O–H groups in total. The smallest absolute Gasteiger partial charge is 0.122 e. The molecule has 1 unspecified atom stereocenters. The number of nitrogen functional groups attached to an aromatic ring is 1. The first kappa shape index (κ1) is 14.0. The molecule has 1 aliphatic heterocycles. The van der Waals surface area contributed by atoms with Gasteiger partial charge in [-0.1, -0.05) is 18.6 Å². The summed E-state index contributed by atoms with van der Waals surface area (Å²) >= 11 is 0. The second kappa shape index (κ2) is 6.17. The maximum absolute atomic E-state index is 9.44. The molecule has 0 radical (unpaired) electrons. The lowest BCUT2D eigenvalue weighted by Gasteiger charge is -2.34. The summed E-state index contributed by atoms with van der Waals surface area (Å²) in [6.07, 6.45) is 3.51. The SMILES string of the molecule is Cc1cc(C(=N)N)ccc1CN1CCCCC1CO. The summed E-state index contributed by atoms with van der Waals surface area (Å²) in [6.45, 7) is 4.22. The second-order valence-corrected chi connectivity index (χ2v) is 5.36. The molecular formula is C15H23N3O. The maximum Gasteiger partial charge on any atom is 0.122 e. The molecule has 1 heterocycles. The molecule has 1 atom stereocenters. The Morgan fingerprint density at radius 2 is 2.26 bits per heavy atom. The minimum absolute atomic E-state index is 0.112. The molecule has 1 saturated heterocycles. The number of nitrogens with two attached hydrogens (primary N) is 1. The van der Waals surface area contributed by atoms with E-state index in [1.165, 1.54) is 18.4 Å². The zero-order valence-corrected chi connectivity index (χ0v) is 11.5. The number of amidine groups is 1. The first-order valence-electron chi connectivity index (χ1n) is 6.90. The van der Waals surface area contributed by atoms with Crippen molar-refractivity contribution >= 4 is 5.84 Å². The van der Waals surface area contributed by atoms with Crippen LogP contribution in [0.1, 0.15) is 36.0 Å². The van der Waals surface area contributed by atoms with E-state index in [4.69, 9.17) is 11.1 Å².